The minimum atomic E-state index is 0.605. The van der Waals surface area contributed by atoms with Crippen molar-refractivity contribution in [2.24, 2.45) is 0 Å². The number of hydrogen-bond donors (Lipinski definition) is 0. The van der Waals surface area contributed by atoms with Crippen molar-refractivity contribution in [3.8, 4) is 0 Å². The highest BCUT2D eigenvalue weighted by atomic mass is 13.9. The summed E-state index contributed by atoms with van der Waals surface area (Å²) in [6.45, 7) is 3.80. The summed E-state index contributed by atoms with van der Waals surface area (Å²) in [5.74, 6) is 0. The molecule has 0 N–H and O–H groups in total. The summed E-state index contributed by atoms with van der Waals surface area (Å²) in [5.41, 5.74) is 0. The van der Waals surface area contributed by atoms with Crippen LogP contribution in [0.5, 0.6) is 0 Å². The molecule has 0 aromatic carbocycles. The van der Waals surface area contributed by atoms with Crippen molar-refractivity contribution in [1.29, 1.82) is 0 Å². The first-order valence-electron chi connectivity index (χ1n) is 7.55. The van der Waals surface area contributed by atoms with Crippen LogP contribution in [0.1, 0.15) is 60.1 Å². The Morgan fingerprint density at radius 3 is 2.20 bits per heavy atom. The Morgan fingerprint density at radius 1 is 0.933 bits per heavy atom. The molecule has 0 spiro atoms. The number of unbranched alkanes of at least 4 members (excludes halogenated alkanes) is 4. The molecule has 0 aliphatic carbocycles. The van der Waals surface area contributed by atoms with E-state index in [1.807, 2.05) is 0 Å². The molecule has 0 atom stereocenters. The zero-order valence-corrected chi connectivity index (χ0v) is 10.6. The second kappa shape index (κ2) is 12.2. The standard InChI is InChI=1S/C13H28B2/c1-3-5-11-15(12-6-4-2)13-9-7-8-10-14/h3-13H2,1-2H3/i1D. The first-order valence-corrected chi connectivity index (χ1v) is 6.84. The van der Waals surface area contributed by atoms with E-state index >= 15 is 0 Å². The lowest BCUT2D eigenvalue weighted by atomic mass is 9.41. The van der Waals surface area contributed by atoms with Gasteiger partial charge in [0, 0.05) is 1.37 Å². The Kier molecular flexibility index (Phi) is 10.7. The topological polar surface area (TPSA) is 0 Å². The Hall–Kier alpha value is 0.130. The first-order chi connectivity index (χ1) is 7.85. The fraction of sp³-hybridized carbons (Fsp3) is 1.00. The van der Waals surface area contributed by atoms with E-state index < -0.39 is 0 Å². The second-order valence-corrected chi connectivity index (χ2v) is 4.64. The van der Waals surface area contributed by atoms with E-state index in [2.05, 4.69) is 6.92 Å². The maximum Gasteiger partial charge on any atom is 0.139 e. The van der Waals surface area contributed by atoms with Gasteiger partial charge < -0.3 is 0 Å². The highest BCUT2D eigenvalue weighted by Crippen LogP contribution is 2.17. The van der Waals surface area contributed by atoms with Crippen LogP contribution in [-0.2, 0) is 0 Å². The van der Waals surface area contributed by atoms with Crippen LogP contribution in [0.3, 0.4) is 0 Å². The third kappa shape index (κ3) is 10.4. The molecule has 0 nitrogen and oxygen atoms in total. The van der Waals surface area contributed by atoms with Gasteiger partial charge in [0.15, 0.2) is 0 Å². The van der Waals surface area contributed by atoms with Crippen molar-refractivity contribution in [1.82, 2.24) is 0 Å². The summed E-state index contributed by atoms with van der Waals surface area (Å²) in [4.78, 5) is 0. The van der Waals surface area contributed by atoms with E-state index in [9.17, 15) is 0 Å². The lowest BCUT2D eigenvalue weighted by Crippen LogP contribution is -2.11. The molecule has 0 heterocycles. The van der Waals surface area contributed by atoms with Gasteiger partial charge in [-0.1, -0.05) is 84.0 Å². The molecule has 86 valence electrons. The average Bonchev–Trinajstić information content (AvgIpc) is 2.31. The summed E-state index contributed by atoms with van der Waals surface area (Å²) in [6, 6.07) is 0. The van der Waals surface area contributed by atoms with E-state index in [0.29, 0.717) is 6.90 Å². The van der Waals surface area contributed by atoms with E-state index in [0.717, 1.165) is 19.5 Å². The average molecular weight is 207 g/mol. The Bertz CT molecular complexity index is 131. The molecular formula is C13H28B2. The van der Waals surface area contributed by atoms with E-state index in [1.54, 1.807) is 0 Å². The van der Waals surface area contributed by atoms with Crippen molar-refractivity contribution in [2.75, 3.05) is 0 Å². The molecule has 0 amide bonds. The molecule has 0 saturated carbocycles. The monoisotopic (exact) mass is 207 g/mol. The minimum absolute atomic E-state index is 0.605. The van der Waals surface area contributed by atoms with Gasteiger partial charge in [-0.15, -0.1) is 0 Å². The van der Waals surface area contributed by atoms with Gasteiger partial charge in [0.1, 0.15) is 6.71 Å². The molecule has 0 unspecified atom stereocenters. The predicted molar refractivity (Wildman–Crippen MR) is 74.4 cm³/mol. The maximum absolute atomic E-state index is 7.16. The first kappa shape index (κ1) is 13.2. The zero-order valence-electron chi connectivity index (χ0n) is 11.6. The molecule has 0 saturated heterocycles. The maximum atomic E-state index is 7.16. The van der Waals surface area contributed by atoms with Gasteiger partial charge in [-0.25, -0.2) is 0 Å². The normalized spacial score (nSPS) is 11.4. The highest BCUT2D eigenvalue weighted by Gasteiger charge is 2.11. The van der Waals surface area contributed by atoms with Crippen LogP contribution < -0.4 is 0 Å². The Morgan fingerprint density at radius 2 is 1.60 bits per heavy atom. The molecule has 0 bridgehead atoms. The third-order valence-electron chi connectivity index (χ3n) is 3.14. The predicted octanol–water partition coefficient (Wildman–Crippen LogP) is 4.84. The molecule has 2 radical (unpaired) electrons. The van der Waals surface area contributed by atoms with Crippen LogP contribution in [-0.4, -0.2) is 14.6 Å². The molecular weight excluding hydrogens is 178 g/mol. The van der Waals surface area contributed by atoms with Crippen molar-refractivity contribution in [3.63, 3.8) is 0 Å². The van der Waals surface area contributed by atoms with Crippen LogP contribution in [0.25, 0.3) is 0 Å². The van der Waals surface area contributed by atoms with Gasteiger partial charge in [0.25, 0.3) is 0 Å². The van der Waals surface area contributed by atoms with Crippen LogP contribution in [0.4, 0.5) is 0 Å². The second-order valence-electron chi connectivity index (χ2n) is 4.64. The van der Waals surface area contributed by atoms with Crippen LogP contribution >= 0.6 is 0 Å². The molecule has 0 rings (SSSR count). The van der Waals surface area contributed by atoms with Crippen LogP contribution in [0.15, 0.2) is 0 Å². The van der Waals surface area contributed by atoms with Crippen molar-refractivity contribution >= 4 is 14.6 Å². The summed E-state index contributed by atoms with van der Waals surface area (Å²) in [7, 11) is 5.50. The third-order valence-corrected chi connectivity index (χ3v) is 3.14. The molecule has 0 fully saturated rings. The lowest BCUT2D eigenvalue weighted by Gasteiger charge is -2.12. The summed E-state index contributed by atoms with van der Waals surface area (Å²) in [6.07, 6.45) is 13.9. The number of rotatable bonds is 11. The lowest BCUT2D eigenvalue weighted by molar-refractivity contribution is 0.753. The molecule has 0 aliphatic rings. The van der Waals surface area contributed by atoms with Crippen molar-refractivity contribution in [3.05, 3.63) is 0 Å². The van der Waals surface area contributed by atoms with Gasteiger partial charge in [-0.3, -0.25) is 0 Å². The van der Waals surface area contributed by atoms with E-state index in [-0.39, 0.29) is 0 Å². The van der Waals surface area contributed by atoms with Gasteiger partial charge >= 0.3 is 0 Å². The van der Waals surface area contributed by atoms with E-state index in [4.69, 9.17) is 9.22 Å². The van der Waals surface area contributed by atoms with Crippen LogP contribution in [0.2, 0.25) is 25.3 Å². The highest BCUT2D eigenvalue weighted by molar-refractivity contribution is 6.58. The summed E-state index contributed by atoms with van der Waals surface area (Å²) < 4.78 is 7.16. The summed E-state index contributed by atoms with van der Waals surface area (Å²) in [5, 5.41) is 0. The van der Waals surface area contributed by atoms with Gasteiger partial charge in [0.2, 0.25) is 0 Å². The largest absolute Gasteiger partial charge is 0.139 e. The number of hydrogen-bond acceptors (Lipinski definition) is 0. The quantitative estimate of drug-likeness (QED) is 0.336. The molecule has 0 aromatic rings. The van der Waals surface area contributed by atoms with Gasteiger partial charge in [-0.05, 0) is 0 Å². The summed E-state index contributed by atoms with van der Waals surface area (Å²) >= 11 is 0. The van der Waals surface area contributed by atoms with Gasteiger partial charge in [-0.2, -0.15) is 0 Å². The molecule has 2 heteroatoms. The van der Waals surface area contributed by atoms with E-state index in [1.165, 1.54) is 57.5 Å². The zero-order chi connectivity index (χ0) is 12.1. The van der Waals surface area contributed by atoms with Crippen molar-refractivity contribution in [2.45, 2.75) is 84.0 Å². The molecule has 0 aromatic heterocycles. The van der Waals surface area contributed by atoms with Crippen molar-refractivity contribution < 1.29 is 1.37 Å². The SMILES string of the molecule is [2H]CCCCB(CCCC)CCCCC[B]. The van der Waals surface area contributed by atoms with Crippen LogP contribution in [0, 0.1) is 0 Å². The Labute approximate surface area is 100 Å². The fourth-order valence-corrected chi connectivity index (χ4v) is 2.11. The minimum Gasteiger partial charge on any atom is -0.0887 e. The molecule has 15 heavy (non-hydrogen) atoms. The smallest absolute Gasteiger partial charge is 0.0887 e. The fourth-order valence-electron chi connectivity index (χ4n) is 2.11. The molecule has 0 aliphatic heterocycles. The van der Waals surface area contributed by atoms with Gasteiger partial charge in [0.05, 0.1) is 7.85 Å². The Balaban J connectivity index is 3.54.